The molecule has 0 aromatic heterocycles. The Balaban J connectivity index is 1.36. The summed E-state index contributed by atoms with van der Waals surface area (Å²) in [6.45, 7) is 1.64. The summed E-state index contributed by atoms with van der Waals surface area (Å²) in [5.41, 5.74) is 0. The number of rotatable bonds is 70. The summed E-state index contributed by atoms with van der Waals surface area (Å²) >= 11 is 0. The normalized spacial score (nSPS) is 25.6. The summed E-state index contributed by atoms with van der Waals surface area (Å²) in [4.78, 5) is 13.5. The molecule has 0 radical (unpaired) electrons. The van der Waals surface area contributed by atoms with Crippen LogP contribution in [0, 0.1) is 0 Å². The largest absolute Gasteiger partial charge is 0.394 e. The summed E-state index contributed by atoms with van der Waals surface area (Å²) < 4.78 is 34.5. The predicted molar refractivity (Wildman–Crippen MR) is 447 cm³/mol. The molecule has 0 saturated carbocycles. The topological polar surface area (TPSA) is 307 Å². The van der Waals surface area contributed by atoms with Gasteiger partial charge in [0.2, 0.25) is 5.91 Å². The van der Waals surface area contributed by atoms with Crippen LogP contribution in [0.2, 0.25) is 0 Å². The molecule has 0 aromatic carbocycles. The molecule has 0 bridgehead atoms. The first-order valence-electron chi connectivity index (χ1n) is 44.3. The van der Waals surface area contributed by atoms with Gasteiger partial charge in [0.25, 0.3) is 0 Å². The van der Waals surface area contributed by atoms with Gasteiger partial charge in [0.05, 0.1) is 38.6 Å². The Morgan fingerprint density at radius 1 is 0.333 bits per heavy atom. The van der Waals surface area contributed by atoms with E-state index in [1.54, 1.807) is 6.08 Å². The minimum Gasteiger partial charge on any atom is -0.394 e. The highest BCUT2D eigenvalue weighted by molar-refractivity contribution is 5.76. The second-order valence-corrected chi connectivity index (χ2v) is 31.0. The standard InChI is InChI=1S/C92H159NO18/c1-3-5-7-9-11-13-15-17-19-21-23-25-27-29-31-33-35-37-39-41-43-45-47-49-51-53-55-57-59-61-63-65-67-69-76(97)75(74-106-90-86(104)83(101)88(78(72-95)108-90)111-92-87(105)84(102)89(79(73-96)109-92)110-91-85(103)82(100)81(99)77(71-94)107-91)93-80(98)70-68-66-64-62-60-58-56-54-52-50-48-46-44-42-40-38-36-34-32-30-28-26-24-22-20-18-16-14-12-10-8-6-4-2/h6,8,12,14,18,20,24,26,30,32,36,38,42,44,48,50,54,56,67,69,75-79,81-92,94-97,99-105H,3-5,7,9-11,13,15-17,19,21-23,25,27-29,31,33-35,37,39-41,43,45-47,49,51-53,55,57-66,68,70-74H2,1-2H3,(H,93,98)/b8-6-,14-12-,20-18-,26-24-,32-30-,38-36-,44-42-,50-48-,56-54-,69-67+. The van der Waals surface area contributed by atoms with Crippen LogP contribution in [-0.4, -0.2) is 193 Å². The molecule has 3 aliphatic rings. The van der Waals surface area contributed by atoms with Gasteiger partial charge in [-0.05, 0) is 89.9 Å². The number of hydrogen-bond donors (Lipinski definition) is 12. The van der Waals surface area contributed by atoms with Crippen LogP contribution in [0.15, 0.2) is 122 Å². The summed E-state index contributed by atoms with van der Waals surface area (Å²) in [7, 11) is 0. The van der Waals surface area contributed by atoms with Crippen LogP contribution in [0.5, 0.6) is 0 Å². The molecule has 3 heterocycles. The zero-order chi connectivity index (χ0) is 80.3. The summed E-state index contributed by atoms with van der Waals surface area (Å²) in [5, 5.41) is 121. The first kappa shape index (κ1) is 101. The molecule has 0 aliphatic carbocycles. The van der Waals surface area contributed by atoms with Gasteiger partial charge in [-0.2, -0.15) is 0 Å². The van der Waals surface area contributed by atoms with Crippen molar-refractivity contribution in [2.24, 2.45) is 0 Å². The molecule has 19 nitrogen and oxygen atoms in total. The number of unbranched alkanes of at least 4 members (excludes halogenated alkanes) is 36. The number of ether oxygens (including phenoxy) is 6. The third-order valence-electron chi connectivity index (χ3n) is 21.3. The van der Waals surface area contributed by atoms with Crippen molar-refractivity contribution in [3.63, 3.8) is 0 Å². The number of aliphatic hydroxyl groups excluding tert-OH is 11. The van der Waals surface area contributed by atoms with Gasteiger partial charge < -0.3 is 89.9 Å². The van der Waals surface area contributed by atoms with Crippen LogP contribution in [0.3, 0.4) is 0 Å². The van der Waals surface area contributed by atoms with Crippen LogP contribution < -0.4 is 5.32 Å². The van der Waals surface area contributed by atoms with E-state index in [1.807, 2.05) is 6.08 Å². The zero-order valence-electron chi connectivity index (χ0n) is 68.9. The minimum atomic E-state index is -1.99. The minimum absolute atomic E-state index is 0.213. The Morgan fingerprint density at radius 3 is 0.973 bits per heavy atom. The fourth-order valence-electron chi connectivity index (χ4n) is 14.2. The lowest BCUT2D eigenvalue weighted by Crippen LogP contribution is -2.66. The number of carbonyl (C=O) groups excluding carboxylic acids is 1. The van der Waals surface area contributed by atoms with E-state index in [0.29, 0.717) is 6.42 Å². The molecule has 17 atom stereocenters. The molecule has 3 rings (SSSR count). The average Bonchev–Trinajstić information content (AvgIpc) is 0.780. The van der Waals surface area contributed by atoms with Crippen molar-refractivity contribution in [1.29, 1.82) is 0 Å². The van der Waals surface area contributed by atoms with Gasteiger partial charge >= 0.3 is 0 Å². The molecule has 12 N–H and O–H groups in total. The van der Waals surface area contributed by atoms with Crippen LogP contribution in [0.1, 0.15) is 322 Å². The smallest absolute Gasteiger partial charge is 0.220 e. The van der Waals surface area contributed by atoms with Crippen molar-refractivity contribution >= 4 is 5.91 Å². The lowest BCUT2D eigenvalue weighted by Gasteiger charge is -2.48. The molecule has 1 amide bonds. The Hall–Kier alpha value is -3.81. The monoisotopic (exact) mass is 1570 g/mol. The zero-order valence-corrected chi connectivity index (χ0v) is 68.9. The second kappa shape index (κ2) is 70.4. The molecule has 111 heavy (non-hydrogen) atoms. The molecule has 640 valence electrons. The Bertz CT molecular complexity index is 2480. The quantitative estimate of drug-likeness (QED) is 0.0199. The maximum atomic E-state index is 13.5. The molecule has 19 heteroatoms. The Kier molecular flexibility index (Phi) is 64.3. The van der Waals surface area contributed by atoms with Gasteiger partial charge in [-0.25, -0.2) is 0 Å². The van der Waals surface area contributed by atoms with Gasteiger partial charge in [-0.1, -0.05) is 347 Å². The highest BCUT2D eigenvalue weighted by Crippen LogP contribution is 2.33. The number of nitrogens with one attached hydrogen (secondary N) is 1. The Morgan fingerprint density at radius 2 is 0.622 bits per heavy atom. The van der Waals surface area contributed by atoms with Gasteiger partial charge in [-0.3, -0.25) is 4.79 Å². The molecule has 0 spiro atoms. The molecule has 0 aromatic rings. The first-order chi connectivity index (χ1) is 54.3. The molecule has 17 unspecified atom stereocenters. The van der Waals surface area contributed by atoms with Gasteiger partial charge in [-0.15, -0.1) is 0 Å². The highest BCUT2D eigenvalue weighted by Gasteiger charge is 2.54. The predicted octanol–water partition coefficient (Wildman–Crippen LogP) is 16.6. The average molecular weight is 1570 g/mol. The Labute approximate surface area is 671 Å². The van der Waals surface area contributed by atoms with Gasteiger partial charge in [0, 0.05) is 6.42 Å². The van der Waals surface area contributed by atoms with E-state index in [0.717, 1.165) is 116 Å². The molecular weight excluding hydrogens is 1410 g/mol. The van der Waals surface area contributed by atoms with Crippen molar-refractivity contribution in [3.05, 3.63) is 122 Å². The second-order valence-electron chi connectivity index (χ2n) is 31.0. The van der Waals surface area contributed by atoms with E-state index in [1.165, 1.54) is 180 Å². The van der Waals surface area contributed by atoms with E-state index in [-0.39, 0.29) is 18.9 Å². The first-order valence-corrected chi connectivity index (χ1v) is 44.3. The van der Waals surface area contributed by atoms with E-state index in [9.17, 15) is 61.0 Å². The summed E-state index contributed by atoms with van der Waals surface area (Å²) in [6.07, 6.45) is 73.3. The summed E-state index contributed by atoms with van der Waals surface area (Å²) in [6, 6.07) is -0.996. The third-order valence-corrected chi connectivity index (χ3v) is 21.3. The fourth-order valence-corrected chi connectivity index (χ4v) is 14.2. The summed E-state index contributed by atoms with van der Waals surface area (Å²) in [5.74, 6) is -0.296. The van der Waals surface area contributed by atoms with Crippen LogP contribution in [0.4, 0.5) is 0 Å². The number of hydrogen-bond acceptors (Lipinski definition) is 18. The van der Waals surface area contributed by atoms with Crippen LogP contribution in [-0.2, 0) is 33.2 Å². The number of amides is 1. The number of allylic oxidation sites excluding steroid dienone is 19. The van der Waals surface area contributed by atoms with Crippen LogP contribution in [0.25, 0.3) is 0 Å². The van der Waals surface area contributed by atoms with E-state index in [4.69, 9.17) is 28.4 Å². The SMILES string of the molecule is CC/C=C\C/C=C\C/C=C\C/C=C\C/C=C\C/C=C\C/C=C\C/C=C\C/C=C\CCCCCCCC(=O)NC(COC1OC(CO)C(OC2OC(CO)C(OC3OC(CO)C(O)C(O)C3O)C(O)C2O)C(O)C1O)C(O)/C=C/CCCCCCCCCCCCCCCCCCCCCCCCCCCCCCCCC. The van der Waals surface area contributed by atoms with E-state index >= 15 is 0 Å². The molecule has 3 fully saturated rings. The van der Waals surface area contributed by atoms with Gasteiger partial charge in [0.15, 0.2) is 18.9 Å². The van der Waals surface area contributed by atoms with E-state index in [2.05, 4.69) is 129 Å². The van der Waals surface area contributed by atoms with Crippen molar-refractivity contribution in [1.82, 2.24) is 5.32 Å². The van der Waals surface area contributed by atoms with Crippen molar-refractivity contribution < 1.29 is 89.4 Å². The molecule has 3 aliphatic heterocycles. The maximum absolute atomic E-state index is 13.5. The van der Waals surface area contributed by atoms with Crippen molar-refractivity contribution in [3.8, 4) is 0 Å². The molecular formula is C92H159NO18. The fraction of sp³-hybridized carbons (Fsp3) is 0.772. The lowest BCUT2D eigenvalue weighted by atomic mass is 9.96. The third kappa shape index (κ3) is 49.1. The number of aliphatic hydroxyl groups is 11. The van der Waals surface area contributed by atoms with Crippen molar-refractivity contribution in [2.45, 2.75) is 426 Å². The van der Waals surface area contributed by atoms with Gasteiger partial charge in [0.1, 0.15) is 73.2 Å². The van der Waals surface area contributed by atoms with Crippen LogP contribution >= 0.6 is 0 Å². The van der Waals surface area contributed by atoms with E-state index < -0.39 is 124 Å². The number of carbonyl (C=O) groups is 1. The maximum Gasteiger partial charge on any atom is 0.220 e. The van der Waals surface area contributed by atoms with Crippen molar-refractivity contribution in [2.75, 3.05) is 26.4 Å². The lowest BCUT2D eigenvalue weighted by molar-refractivity contribution is -0.379. The highest BCUT2D eigenvalue weighted by atomic mass is 16.8. The molecule has 3 saturated heterocycles.